The summed E-state index contributed by atoms with van der Waals surface area (Å²) in [5, 5.41) is 4.89. The standard InChI is InChI=1S/C7H13Si.C4H3S.Cu/c1-5-6-7-8(2,3)4;1-2-4-5-3-1;/h1,5H2,2-4H3;1-3H;/q2*-1;+2. The van der Waals surface area contributed by atoms with Crippen molar-refractivity contribution in [2.45, 2.75) is 26.1 Å². The molecule has 0 saturated carbocycles. The Morgan fingerprint density at radius 2 is 2.07 bits per heavy atom. The van der Waals surface area contributed by atoms with Crippen molar-refractivity contribution < 1.29 is 17.1 Å². The second-order valence-corrected chi connectivity index (χ2v) is 9.03. The minimum Gasteiger partial charge on any atom is -0.332 e. The zero-order chi connectivity index (χ0) is 10.2. The van der Waals surface area contributed by atoms with Gasteiger partial charge in [-0.05, 0) is 0 Å². The number of hydrogen-bond acceptors (Lipinski definition) is 1. The van der Waals surface area contributed by atoms with Crippen LogP contribution in [0.5, 0.6) is 0 Å². The van der Waals surface area contributed by atoms with E-state index in [4.69, 9.17) is 0 Å². The molecule has 0 aliphatic rings. The number of thiophene rings is 1. The third-order valence-electron chi connectivity index (χ3n) is 0.967. The summed E-state index contributed by atoms with van der Waals surface area (Å²) in [5.74, 6) is 2.99. The van der Waals surface area contributed by atoms with Crippen LogP contribution in [-0.4, -0.2) is 8.07 Å². The van der Waals surface area contributed by atoms with Gasteiger partial charge in [0.25, 0.3) is 0 Å². The van der Waals surface area contributed by atoms with E-state index in [1.165, 1.54) is 0 Å². The van der Waals surface area contributed by atoms with Crippen LogP contribution in [0.1, 0.15) is 6.42 Å². The molecule has 0 atom stereocenters. The Balaban J connectivity index is 0. The molecule has 3 heteroatoms. The van der Waals surface area contributed by atoms with Gasteiger partial charge in [0.2, 0.25) is 0 Å². The van der Waals surface area contributed by atoms with Crippen LogP contribution in [0, 0.1) is 23.8 Å². The van der Waals surface area contributed by atoms with E-state index in [1.54, 1.807) is 11.3 Å². The largest absolute Gasteiger partial charge is 2.00 e. The van der Waals surface area contributed by atoms with Crippen LogP contribution in [0.25, 0.3) is 0 Å². The van der Waals surface area contributed by atoms with E-state index >= 15 is 0 Å². The molecular weight excluding hydrogens is 256 g/mol. The van der Waals surface area contributed by atoms with Crippen LogP contribution in [0.3, 0.4) is 0 Å². The van der Waals surface area contributed by atoms with Gasteiger partial charge < -0.3 is 18.3 Å². The van der Waals surface area contributed by atoms with E-state index in [1.807, 2.05) is 17.5 Å². The van der Waals surface area contributed by atoms with Crippen LogP contribution in [0.2, 0.25) is 19.6 Å². The van der Waals surface area contributed by atoms with Crippen molar-refractivity contribution in [2.75, 3.05) is 0 Å². The summed E-state index contributed by atoms with van der Waals surface area (Å²) in [6, 6.07) is 3.86. The van der Waals surface area contributed by atoms with Crippen molar-refractivity contribution in [1.82, 2.24) is 0 Å². The molecule has 1 heterocycles. The summed E-state index contributed by atoms with van der Waals surface area (Å²) in [4.78, 5) is 0. The summed E-state index contributed by atoms with van der Waals surface area (Å²) in [6.07, 6.45) is 0.754. The van der Waals surface area contributed by atoms with Crippen molar-refractivity contribution in [3.63, 3.8) is 0 Å². The fourth-order valence-corrected chi connectivity index (χ4v) is 1.57. The second-order valence-electron chi connectivity index (χ2n) is 3.53. The molecule has 0 nitrogen and oxygen atoms in total. The Kier molecular flexibility index (Phi) is 11.2. The first-order valence-electron chi connectivity index (χ1n) is 4.25. The van der Waals surface area contributed by atoms with E-state index in [9.17, 15) is 0 Å². The smallest absolute Gasteiger partial charge is 0.332 e. The molecule has 1 rings (SSSR count). The van der Waals surface area contributed by atoms with Crippen LogP contribution < -0.4 is 0 Å². The van der Waals surface area contributed by atoms with Crippen molar-refractivity contribution >= 4 is 19.4 Å². The maximum Gasteiger partial charge on any atom is 2.00 e. The van der Waals surface area contributed by atoms with Gasteiger partial charge in [-0.2, -0.15) is 11.4 Å². The van der Waals surface area contributed by atoms with Crippen LogP contribution in [0.15, 0.2) is 17.5 Å². The topological polar surface area (TPSA) is 0 Å². The predicted octanol–water partition coefficient (Wildman–Crippen LogP) is 3.64. The molecule has 0 aliphatic carbocycles. The van der Waals surface area contributed by atoms with Crippen LogP contribution in [0.4, 0.5) is 0 Å². The molecule has 0 unspecified atom stereocenters. The molecule has 0 amide bonds. The maximum absolute atomic E-state index is 3.64. The Hall–Kier alpha value is -0.00364. The van der Waals surface area contributed by atoms with Gasteiger partial charge in [0.1, 0.15) is 8.07 Å². The van der Waals surface area contributed by atoms with E-state index in [0.717, 1.165) is 6.42 Å². The first-order chi connectivity index (χ1) is 6.06. The summed E-state index contributed by atoms with van der Waals surface area (Å²) in [6.45, 7) is 10.3. The second kappa shape index (κ2) is 9.55. The molecule has 14 heavy (non-hydrogen) atoms. The van der Waals surface area contributed by atoms with Gasteiger partial charge in [-0.25, -0.2) is 6.07 Å². The Morgan fingerprint density at radius 3 is 2.21 bits per heavy atom. The van der Waals surface area contributed by atoms with Crippen LogP contribution >= 0.6 is 11.3 Å². The average Bonchev–Trinajstić information content (AvgIpc) is 2.56. The predicted molar refractivity (Wildman–Crippen MR) is 64.3 cm³/mol. The van der Waals surface area contributed by atoms with Gasteiger partial charge in [0.05, 0.1) is 0 Å². The summed E-state index contributed by atoms with van der Waals surface area (Å²) < 4.78 is 0. The minimum atomic E-state index is -1.08. The molecule has 0 N–H and O–H groups in total. The van der Waals surface area contributed by atoms with Crippen molar-refractivity contribution in [1.29, 1.82) is 0 Å². The summed E-state index contributed by atoms with van der Waals surface area (Å²) in [5.41, 5.74) is 3.20. The molecule has 1 aromatic heterocycles. The molecule has 0 fully saturated rings. The third-order valence-corrected chi connectivity index (χ3v) is 2.46. The van der Waals surface area contributed by atoms with Gasteiger partial charge in [-0.3, -0.25) is 0 Å². The van der Waals surface area contributed by atoms with Gasteiger partial charge in [-0.1, -0.05) is 19.6 Å². The fourth-order valence-electron chi connectivity index (χ4n) is 0.524. The molecule has 0 bridgehead atoms. The Morgan fingerprint density at radius 1 is 1.43 bits per heavy atom. The first-order valence-corrected chi connectivity index (χ1v) is 8.63. The quantitative estimate of drug-likeness (QED) is 0.384. The van der Waals surface area contributed by atoms with E-state index in [2.05, 4.69) is 43.4 Å². The third kappa shape index (κ3) is 14.5. The molecule has 1 aromatic rings. The number of hydrogen-bond donors (Lipinski definition) is 0. The molecule has 1 radical (unpaired) electrons. The van der Waals surface area contributed by atoms with Gasteiger partial charge in [-0.15, -0.1) is 23.3 Å². The van der Waals surface area contributed by atoms with Gasteiger partial charge in [0, 0.05) is 0 Å². The van der Waals surface area contributed by atoms with E-state index in [0.29, 0.717) is 0 Å². The maximum atomic E-state index is 3.64. The molecular formula is C11H16CuSSi. The monoisotopic (exact) mass is 271 g/mol. The van der Waals surface area contributed by atoms with E-state index < -0.39 is 8.07 Å². The molecule has 0 saturated heterocycles. The fraction of sp³-hybridized carbons (Fsp3) is 0.364. The minimum absolute atomic E-state index is 0. The normalized spacial score (nSPS) is 8.57. The molecule has 0 aromatic carbocycles. The zero-order valence-electron chi connectivity index (χ0n) is 8.86. The van der Waals surface area contributed by atoms with Gasteiger partial charge >= 0.3 is 17.1 Å². The van der Waals surface area contributed by atoms with Crippen molar-refractivity contribution in [2.24, 2.45) is 0 Å². The first kappa shape index (κ1) is 16.4. The van der Waals surface area contributed by atoms with E-state index in [-0.39, 0.29) is 17.1 Å². The Labute approximate surface area is 104 Å². The van der Waals surface area contributed by atoms with Gasteiger partial charge in [0.15, 0.2) is 0 Å². The number of rotatable bonds is 0. The summed E-state index contributed by atoms with van der Waals surface area (Å²) >= 11 is 1.59. The zero-order valence-corrected chi connectivity index (χ0v) is 11.6. The average molecular weight is 272 g/mol. The SMILES string of the molecule is [CH2-]CC#C[Si](C)(C)C.[Cu+2].[c-]1cccs1. The van der Waals surface area contributed by atoms with Crippen molar-refractivity contribution in [3.8, 4) is 11.5 Å². The molecule has 0 spiro atoms. The summed E-state index contributed by atoms with van der Waals surface area (Å²) in [7, 11) is -1.08. The molecule has 81 valence electrons. The Bertz CT molecular complexity index is 234. The van der Waals surface area contributed by atoms with Crippen molar-refractivity contribution in [3.05, 3.63) is 29.8 Å². The van der Waals surface area contributed by atoms with Crippen LogP contribution in [-0.2, 0) is 17.1 Å². The molecule has 0 aliphatic heterocycles.